The molecule has 0 saturated carbocycles. The molecule has 1 aromatic heterocycles. The van der Waals surface area contributed by atoms with E-state index in [9.17, 15) is 9.59 Å². The molecule has 3 aromatic carbocycles. The molecular weight excluding hydrogens is 386 g/mol. The third kappa shape index (κ3) is 4.56. The fraction of sp³-hybridized carbons (Fsp3) is 0.192. The number of fused-ring (bicyclic) bond motifs is 1. The zero-order chi connectivity index (χ0) is 22.0. The first-order valence-electron chi connectivity index (χ1n) is 10.3. The lowest BCUT2D eigenvalue weighted by molar-refractivity contribution is 0.0951. The molecule has 0 fully saturated rings. The van der Waals surface area contributed by atoms with Crippen LogP contribution in [0.25, 0.3) is 10.9 Å². The van der Waals surface area contributed by atoms with Crippen molar-refractivity contribution in [3.63, 3.8) is 0 Å². The van der Waals surface area contributed by atoms with Gasteiger partial charge in [-0.05, 0) is 50.1 Å². The van der Waals surface area contributed by atoms with Crippen LogP contribution in [-0.2, 0) is 13.1 Å². The number of aryl methyl sites for hydroxylation is 3. The summed E-state index contributed by atoms with van der Waals surface area (Å²) in [4.78, 5) is 30.5. The highest BCUT2D eigenvalue weighted by Crippen LogP contribution is 2.14. The second kappa shape index (κ2) is 8.56. The van der Waals surface area contributed by atoms with Gasteiger partial charge in [0.1, 0.15) is 5.82 Å². The van der Waals surface area contributed by atoms with E-state index < -0.39 is 0 Å². The summed E-state index contributed by atoms with van der Waals surface area (Å²) in [5, 5.41) is 3.37. The van der Waals surface area contributed by atoms with E-state index in [2.05, 4.69) is 10.3 Å². The summed E-state index contributed by atoms with van der Waals surface area (Å²) < 4.78 is 1.65. The van der Waals surface area contributed by atoms with Crippen molar-refractivity contribution in [2.24, 2.45) is 0 Å². The van der Waals surface area contributed by atoms with Gasteiger partial charge in [0.25, 0.3) is 11.5 Å². The van der Waals surface area contributed by atoms with Crippen LogP contribution >= 0.6 is 0 Å². The highest BCUT2D eigenvalue weighted by atomic mass is 16.1. The molecule has 5 nitrogen and oxygen atoms in total. The first-order chi connectivity index (χ1) is 14.9. The van der Waals surface area contributed by atoms with Crippen LogP contribution in [0.1, 0.15) is 38.4 Å². The smallest absolute Gasteiger partial charge is 0.261 e. The third-order valence-corrected chi connectivity index (χ3v) is 5.44. The number of benzene rings is 3. The fourth-order valence-electron chi connectivity index (χ4n) is 3.53. The van der Waals surface area contributed by atoms with Crippen LogP contribution in [-0.4, -0.2) is 15.5 Å². The Balaban J connectivity index is 1.61. The molecule has 0 saturated heterocycles. The number of hydrogen-bond acceptors (Lipinski definition) is 3. The van der Waals surface area contributed by atoms with Crippen LogP contribution in [0.3, 0.4) is 0 Å². The highest BCUT2D eigenvalue weighted by Gasteiger charge is 2.12. The van der Waals surface area contributed by atoms with E-state index in [1.165, 1.54) is 11.1 Å². The summed E-state index contributed by atoms with van der Waals surface area (Å²) >= 11 is 0. The van der Waals surface area contributed by atoms with Crippen LogP contribution in [0.2, 0.25) is 0 Å². The van der Waals surface area contributed by atoms with Crippen molar-refractivity contribution < 1.29 is 4.79 Å². The maximum absolute atomic E-state index is 13.2. The predicted octanol–water partition coefficient (Wildman–Crippen LogP) is 4.30. The quantitative estimate of drug-likeness (QED) is 0.533. The van der Waals surface area contributed by atoms with E-state index in [1.54, 1.807) is 22.8 Å². The van der Waals surface area contributed by atoms with Crippen molar-refractivity contribution in [3.05, 3.63) is 111 Å². The normalized spacial score (nSPS) is 10.9. The first-order valence-corrected chi connectivity index (χ1v) is 10.3. The Hall–Kier alpha value is -3.73. The Morgan fingerprint density at radius 2 is 1.48 bits per heavy atom. The summed E-state index contributed by atoms with van der Waals surface area (Å²) in [5.74, 6) is 0.433. The molecule has 0 aliphatic carbocycles. The van der Waals surface area contributed by atoms with Gasteiger partial charge in [0.15, 0.2) is 0 Å². The number of amides is 1. The Labute approximate surface area is 181 Å². The molecule has 0 aliphatic heterocycles. The van der Waals surface area contributed by atoms with Crippen LogP contribution in [0.5, 0.6) is 0 Å². The van der Waals surface area contributed by atoms with E-state index in [0.717, 1.165) is 11.1 Å². The van der Waals surface area contributed by atoms with E-state index in [-0.39, 0.29) is 11.5 Å². The van der Waals surface area contributed by atoms with Gasteiger partial charge in [-0.15, -0.1) is 0 Å². The first kappa shape index (κ1) is 20.5. The second-order valence-corrected chi connectivity index (χ2v) is 7.94. The standard InChI is InChI=1S/C26H25N3O2/c1-17-4-8-20(9-5-17)15-27-25(30)22-12-13-24-23(14-22)26(31)29(19(3)28-24)16-21-10-6-18(2)7-11-21/h4-14H,15-16H2,1-3H3,(H,27,30). The van der Waals surface area contributed by atoms with Gasteiger partial charge < -0.3 is 5.32 Å². The van der Waals surface area contributed by atoms with Crippen molar-refractivity contribution in [2.45, 2.75) is 33.9 Å². The van der Waals surface area contributed by atoms with Crippen molar-refractivity contribution >= 4 is 16.8 Å². The van der Waals surface area contributed by atoms with E-state index >= 15 is 0 Å². The zero-order valence-corrected chi connectivity index (χ0v) is 18.0. The molecule has 0 radical (unpaired) electrons. The van der Waals surface area contributed by atoms with Gasteiger partial charge in [0.2, 0.25) is 0 Å². The predicted molar refractivity (Wildman–Crippen MR) is 123 cm³/mol. The molecule has 1 N–H and O–H groups in total. The summed E-state index contributed by atoms with van der Waals surface area (Å²) in [6.07, 6.45) is 0. The zero-order valence-electron chi connectivity index (χ0n) is 18.0. The molecule has 4 aromatic rings. The molecular formula is C26H25N3O2. The molecule has 0 bridgehead atoms. The van der Waals surface area contributed by atoms with Gasteiger partial charge in [-0.1, -0.05) is 59.7 Å². The highest BCUT2D eigenvalue weighted by molar-refractivity contribution is 5.97. The van der Waals surface area contributed by atoms with Crippen molar-refractivity contribution in [1.82, 2.24) is 14.9 Å². The minimum absolute atomic E-state index is 0.142. The van der Waals surface area contributed by atoms with Crippen LogP contribution in [0.15, 0.2) is 71.5 Å². The molecule has 0 atom stereocenters. The maximum atomic E-state index is 13.2. The van der Waals surface area contributed by atoms with Crippen LogP contribution < -0.4 is 10.9 Å². The number of aromatic nitrogens is 2. The largest absolute Gasteiger partial charge is 0.348 e. The SMILES string of the molecule is Cc1ccc(CNC(=O)c2ccc3nc(C)n(Cc4ccc(C)cc4)c(=O)c3c2)cc1. The number of nitrogens with zero attached hydrogens (tertiary/aromatic N) is 2. The summed E-state index contributed by atoms with van der Waals surface area (Å²) in [7, 11) is 0. The van der Waals surface area contributed by atoms with Gasteiger partial charge >= 0.3 is 0 Å². The Kier molecular flexibility index (Phi) is 5.67. The molecule has 156 valence electrons. The van der Waals surface area contributed by atoms with E-state index in [4.69, 9.17) is 0 Å². The average molecular weight is 412 g/mol. The molecule has 4 rings (SSSR count). The lowest BCUT2D eigenvalue weighted by Gasteiger charge is -2.12. The summed E-state index contributed by atoms with van der Waals surface area (Å²) in [6, 6.07) is 21.2. The van der Waals surface area contributed by atoms with Crippen LogP contribution in [0, 0.1) is 20.8 Å². The van der Waals surface area contributed by atoms with Crippen LogP contribution in [0.4, 0.5) is 0 Å². The third-order valence-electron chi connectivity index (χ3n) is 5.44. The fourth-order valence-corrected chi connectivity index (χ4v) is 3.53. The molecule has 1 heterocycles. The monoisotopic (exact) mass is 411 g/mol. The minimum Gasteiger partial charge on any atom is -0.348 e. The number of hydrogen-bond donors (Lipinski definition) is 1. The second-order valence-electron chi connectivity index (χ2n) is 7.94. The van der Waals surface area contributed by atoms with Crippen molar-refractivity contribution in [3.8, 4) is 0 Å². The molecule has 31 heavy (non-hydrogen) atoms. The molecule has 1 amide bonds. The molecule has 5 heteroatoms. The van der Waals surface area contributed by atoms with Crippen molar-refractivity contribution in [2.75, 3.05) is 0 Å². The Morgan fingerprint density at radius 3 is 2.13 bits per heavy atom. The number of carbonyl (C=O) groups excluding carboxylic acids is 1. The van der Waals surface area contributed by atoms with Gasteiger partial charge in [0.05, 0.1) is 17.4 Å². The number of carbonyl (C=O) groups is 1. The van der Waals surface area contributed by atoms with Gasteiger partial charge in [0, 0.05) is 12.1 Å². The topological polar surface area (TPSA) is 64.0 Å². The molecule has 0 aliphatic rings. The van der Waals surface area contributed by atoms with E-state index in [1.807, 2.05) is 69.3 Å². The Bertz CT molecular complexity index is 1300. The van der Waals surface area contributed by atoms with E-state index in [0.29, 0.717) is 35.4 Å². The van der Waals surface area contributed by atoms with Crippen molar-refractivity contribution in [1.29, 1.82) is 0 Å². The molecule has 0 unspecified atom stereocenters. The lowest BCUT2D eigenvalue weighted by Crippen LogP contribution is -2.26. The minimum atomic E-state index is -0.215. The summed E-state index contributed by atoms with van der Waals surface area (Å²) in [5.41, 5.74) is 5.31. The number of rotatable bonds is 5. The maximum Gasteiger partial charge on any atom is 0.261 e. The van der Waals surface area contributed by atoms with Gasteiger partial charge in [-0.25, -0.2) is 4.98 Å². The molecule has 0 spiro atoms. The Morgan fingerprint density at radius 1 is 0.871 bits per heavy atom. The number of nitrogens with one attached hydrogen (secondary N) is 1. The lowest BCUT2D eigenvalue weighted by atomic mass is 10.1. The summed E-state index contributed by atoms with van der Waals surface area (Å²) in [6.45, 7) is 6.76. The van der Waals surface area contributed by atoms with Gasteiger partial charge in [-0.3, -0.25) is 14.2 Å². The average Bonchev–Trinajstić information content (AvgIpc) is 2.77. The van der Waals surface area contributed by atoms with Gasteiger partial charge in [-0.2, -0.15) is 0 Å².